The number of alkyl carbamates (subject to hydrolysis) is 2. The van der Waals surface area contributed by atoms with Crippen LogP contribution in [0.15, 0.2) is 82.3 Å². The van der Waals surface area contributed by atoms with E-state index in [1.54, 1.807) is 70.7 Å². The van der Waals surface area contributed by atoms with Crippen molar-refractivity contribution in [1.29, 1.82) is 0 Å². The van der Waals surface area contributed by atoms with Crippen molar-refractivity contribution in [3.63, 3.8) is 0 Å². The van der Waals surface area contributed by atoms with Gasteiger partial charge < -0.3 is 44.3 Å². The number of ether oxygens (including phenoxy) is 2. The molecule has 4 unspecified atom stereocenters. The van der Waals surface area contributed by atoms with Crippen molar-refractivity contribution < 1.29 is 33.1 Å². The normalized spacial score (nSPS) is 17.5. The number of carbonyl (C=O) groups excluding carboxylic acids is 4. The molecular formula is C44H45ClN8O8. The third-order valence-electron chi connectivity index (χ3n) is 11.5. The van der Waals surface area contributed by atoms with Crippen molar-refractivity contribution in [1.82, 2.24) is 40.4 Å². The summed E-state index contributed by atoms with van der Waals surface area (Å²) in [6.07, 6.45) is 4.79. The fourth-order valence-electron chi connectivity index (χ4n) is 8.33. The summed E-state index contributed by atoms with van der Waals surface area (Å²) in [5.41, 5.74) is 3.55. The monoisotopic (exact) mass is 848 g/mol. The maximum Gasteiger partial charge on any atom is 0.407 e. The average molecular weight is 849 g/mol. The second kappa shape index (κ2) is 17.1. The minimum atomic E-state index is -0.943. The van der Waals surface area contributed by atoms with Gasteiger partial charge >= 0.3 is 12.2 Å². The first-order valence-electron chi connectivity index (χ1n) is 20.1. The van der Waals surface area contributed by atoms with Crippen LogP contribution >= 0.6 is 11.6 Å². The van der Waals surface area contributed by atoms with Gasteiger partial charge in [0.15, 0.2) is 0 Å². The van der Waals surface area contributed by atoms with E-state index in [4.69, 9.17) is 25.5 Å². The summed E-state index contributed by atoms with van der Waals surface area (Å²) >= 11 is 6.85. The maximum absolute atomic E-state index is 14.0. The van der Waals surface area contributed by atoms with Gasteiger partial charge in [-0.1, -0.05) is 55.8 Å². The molecule has 5 heterocycles. The van der Waals surface area contributed by atoms with Crippen LogP contribution in [0.1, 0.15) is 74.9 Å². The highest BCUT2D eigenvalue weighted by Crippen LogP contribution is 2.37. The zero-order valence-corrected chi connectivity index (χ0v) is 34.7. The van der Waals surface area contributed by atoms with Gasteiger partial charge in [0.25, 0.3) is 5.91 Å². The molecule has 0 radical (unpaired) electrons. The van der Waals surface area contributed by atoms with Crippen LogP contribution in [0.4, 0.5) is 9.59 Å². The van der Waals surface area contributed by atoms with Gasteiger partial charge in [-0.3, -0.25) is 14.4 Å². The lowest BCUT2D eigenvalue weighted by Gasteiger charge is -2.30. The van der Waals surface area contributed by atoms with Crippen molar-refractivity contribution in [3.05, 3.63) is 106 Å². The molecule has 3 aromatic carbocycles. The Hall–Kier alpha value is -6.68. The first kappa shape index (κ1) is 41.1. The van der Waals surface area contributed by atoms with Gasteiger partial charge in [-0.25, -0.2) is 19.6 Å². The molecule has 2 saturated heterocycles. The van der Waals surface area contributed by atoms with Gasteiger partial charge in [-0.15, -0.1) is 0 Å². The summed E-state index contributed by atoms with van der Waals surface area (Å²) in [5.74, 6) is 0.496. The summed E-state index contributed by atoms with van der Waals surface area (Å²) in [4.78, 5) is 85.4. The zero-order valence-electron chi connectivity index (χ0n) is 34.0. The molecule has 316 valence electrons. The smallest absolute Gasteiger partial charge is 0.407 e. The molecule has 4 N–H and O–H groups in total. The highest BCUT2D eigenvalue weighted by Gasteiger charge is 2.39. The molecule has 0 aliphatic carbocycles. The molecule has 8 rings (SSSR count). The maximum atomic E-state index is 14.0. The Morgan fingerprint density at radius 2 is 1.39 bits per heavy atom. The summed E-state index contributed by atoms with van der Waals surface area (Å²) in [6, 6.07) is 15.2. The number of halogens is 1. The number of nitrogens with zero attached hydrogens (tertiary/aromatic N) is 4. The predicted molar refractivity (Wildman–Crippen MR) is 226 cm³/mol. The van der Waals surface area contributed by atoms with Crippen molar-refractivity contribution >= 4 is 57.5 Å². The standard InChI is InChI=1S/C44H45ClN8O8/c1-23(2)36(50-43(57)59-3)41(55)52-16-8-13-33(52)40-47-22-31(49-40)26-20-35-28(19-29(26)45)38(54)27-18-25(14-15-34(27)61-35)30-21-46-39(48-30)32-12-9-17-53(32)42(56)37(51-44(58)60-4)24-10-6-5-7-11-24/h5-7,10-11,14-15,18-23,32-33,36-37H,8-9,12-13,16-17H2,1-4H3,(H,46,48)(H,47,49)(H,50,57)(H,51,58). The molecule has 2 aliphatic heterocycles. The Bertz CT molecular complexity index is 2690. The number of likely N-dealkylation sites (tertiary alicyclic amines) is 2. The minimum absolute atomic E-state index is 0.169. The quantitative estimate of drug-likeness (QED) is 0.102. The van der Waals surface area contributed by atoms with E-state index >= 15 is 0 Å². The van der Waals surface area contributed by atoms with Crippen LogP contribution in [0.5, 0.6) is 0 Å². The van der Waals surface area contributed by atoms with E-state index in [0.717, 1.165) is 12.8 Å². The second-order valence-electron chi connectivity index (χ2n) is 15.6. The summed E-state index contributed by atoms with van der Waals surface area (Å²) < 4.78 is 15.9. The number of aromatic amines is 2. The number of H-pyrrole nitrogens is 2. The number of benzene rings is 3. The van der Waals surface area contributed by atoms with Crippen LogP contribution in [-0.4, -0.2) is 87.1 Å². The Kier molecular flexibility index (Phi) is 11.5. The van der Waals surface area contributed by atoms with Crippen LogP contribution in [0, 0.1) is 5.92 Å². The largest absolute Gasteiger partial charge is 0.456 e. The van der Waals surface area contributed by atoms with Crippen LogP contribution in [0.25, 0.3) is 44.5 Å². The number of nitrogens with one attached hydrogen (secondary N) is 4. The third kappa shape index (κ3) is 8.02. The summed E-state index contributed by atoms with van der Waals surface area (Å²) in [5, 5.41) is 6.29. The lowest BCUT2D eigenvalue weighted by atomic mass is 10.0. The molecule has 0 bridgehead atoms. The molecule has 0 saturated carbocycles. The summed E-state index contributed by atoms with van der Waals surface area (Å²) in [6.45, 7) is 4.72. The molecule has 0 spiro atoms. The summed E-state index contributed by atoms with van der Waals surface area (Å²) in [7, 11) is 2.51. The lowest BCUT2D eigenvalue weighted by molar-refractivity contribution is -0.135. The first-order chi connectivity index (χ1) is 29.4. The number of carbonyl (C=O) groups is 4. The number of methoxy groups -OCH3 is 2. The van der Waals surface area contributed by atoms with Gasteiger partial charge in [-0.2, -0.15) is 0 Å². The van der Waals surface area contributed by atoms with Crippen LogP contribution in [-0.2, 0) is 19.1 Å². The third-order valence-corrected chi connectivity index (χ3v) is 11.8. The number of rotatable bonds is 10. The van der Waals surface area contributed by atoms with E-state index < -0.39 is 24.3 Å². The second-order valence-corrected chi connectivity index (χ2v) is 16.0. The molecule has 4 atom stereocenters. The average Bonchev–Trinajstić information content (AvgIpc) is 4.12. The van der Waals surface area contributed by atoms with Gasteiger partial charge in [0, 0.05) is 24.2 Å². The topological polar surface area (TPSA) is 205 Å². The van der Waals surface area contributed by atoms with Crippen LogP contribution in [0.2, 0.25) is 5.02 Å². The fourth-order valence-corrected chi connectivity index (χ4v) is 8.59. The van der Waals surface area contributed by atoms with Crippen molar-refractivity contribution in [2.45, 2.75) is 63.7 Å². The lowest BCUT2D eigenvalue weighted by Crippen LogP contribution is -2.51. The van der Waals surface area contributed by atoms with Crippen molar-refractivity contribution in [2.75, 3.05) is 27.3 Å². The fraction of sp³-hybridized carbons (Fsp3) is 0.341. The highest BCUT2D eigenvalue weighted by molar-refractivity contribution is 6.34. The molecule has 16 nitrogen and oxygen atoms in total. The molecule has 3 aromatic heterocycles. The van der Waals surface area contributed by atoms with Crippen LogP contribution < -0.4 is 16.1 Å². The van der Waals surface area contributed by atoms with Crippen LogP contribution in [0.3, 0.4) is 0 Å². The number of fused-ring (bicyclic) bond motifs is 2. The number of amides is 4. The number of aromatic nitrogens is 4. The Morgan fingerprint density at radius 1 is 0.787 bits per heavy atom. The van der Waals surface area contributed by atoms with E-state index in [2.05, 4.69) is 30.6 Å². The first-order valence-corrected chi connectivity index (χ1v) is 20.5. The van der Waals surface area contributed by atoms with E-state index in [1.165, 1.54) is 14.2 Å². The van der Waals surface area contributed by atoms with Crippen molar-refractivity contribution in [3.8, 4) is 22.5 Å². The molecular weight excluding hydrogens is 804 g/mol. The van der Waals surface area contributed by atoms with E-state index in [9.17, 15) is 24.0 Å². The highest BCUT2D eigenvalue weighted by atomic mass is 35.5. The van der Waals surface area contributed by atoms with E-state index in [1.807, 2.05) is 26.0 Å². The SMILES string of the molecule is COC(=O)NC(C(=O)N1CCCC1c1ncc(-c2ccc3oc4cc(-c5cnc(C6CCCN6C(=O)C(NC(=O)OC)C(C)C)[nH]5)c(Cl)cc4c(=O)c3c2)[nH]1)c1ccccc1. The minimum Gasteiger partial charge on any atom is -0.456 e. The molecule has 4 amide bonds. The zero-order chi connectivity index (χ0) is 42.9. The molecule has 2 fully saturated rings. The number of hydrogen-bond acceptors (Lipinski definition) is 10. The van der Waals surface area contributed by atoms with E-state index in [-0.39, 0.29) is 35.2 Å². The predicted octanol–water partition coefficient (Wildman–Crippen LogP) is 7.18. The van der Waals surface area contributed by atoms with Gasteiger partial charge in [0.1, 0.15) is 34.9 Å². The number of imidazole rings is 2. The Labute approximate surface area is 355 Å². The van der Waals surface area contributed by atoms with Gasteiger partial charge in [0.05, 0.1) is 65.9 Å². The molecule has 6 aromatic rings. The molecule has 2 aliphatic rings. The van der Waals surface area contributed by atoms with Gasteiger partial charge in [0.2, 0.25) is 11.3 Å². The Balaban J connectivity index is 1.03. The van der Waals surface area contributed by atoms with Gasteiger partial charge in [-0.05, 0) is 67.5 Å². The Morgan fingerprint density at radius 3 is 2.05 bits per heavy atom. The number of hydrogen-bond donors (Lipinski definition) is 4. The molecule has 17 heteroatoms. The van der Waals surface area contributed by atoms with Crippen molar-refractivity contribution in [2.24, 2.45) is 5.92 Å². The molecule has 61 heavy (non-hydrogen) atoms. The van der Waals surface area contributed by atoms with E-state index in [0.29, 0.717) is 92.6 Å².